The van der Waals surface area contributed by atoms with Gasteiger partial charge in [-0.3, -0.25) is 4.79 Å². The minimum atomic E-state index is -0.839. The number of carbonyl (C=O) groups is 1. The Morgan fingerprint density at radius 2 is 2.00 bits per heavy atom. The first-order chi connectivity index (χ1) is 14.8. The van der Waals surface area contributed by atoms with Crippen molar-refractivity contribution in [2.45, 2.75) is 46.0 Å². The molecule has 0 atom stereocenters. The van der Waals surface area contributed by atoms with E-state index in [4.69, 9.17) is 9.47 Å². The van der Waals surface area contributed by atoms with Gasteiger partial charge in [0.2, 0.25) is 0 Å². The Morgan fingerprint density at radius 3 is 2.61 bits per heavy atom. The Morgan fingerprint density at radius 1 is 1.29 bits per heavy atom. The lowest BCUT2D eigenvalue weighted by atomic mass is 9.82. The minimum absolute atomic E-state index is 0.0140. The van der Waals surface area contributed by atoms with Gasteiger partial charge in [0.1, 0.15) is 17.2 Å². The number of fused-ring (bicyclic) bond motifs is 1. The molecule has 1 aliphatic heterocycles. The summed E-state index contributed by atoms with van der Waals surface area (Å²) >= 11 is 0. The number of pyridine rings is 1. The van der Waals surface area contributed by atoms with Crippen molar-refractivity contribution in [3.05, 3.63) is 53.4 Å². The van der Waals surface area contributed by atoms with Crippen molar-refractivity contribution in [1.29, 1.82) is 0 Å². The van der Waals surface area contributed by atoms with E-state index >= 15 is 0 Å². The van der Waals surface area contributed by atoms with Crippen LogP contribution in [0.3, 0.4) is 0 Å². The van der Waals surface area contributed by atoms with Gasteiger partial charge in [-0.05, 0) is 41.7 Å². The summed E-state index contributed by atoms with van der Waals surface area (Å²) in [6.45, 7) is 7.41. The molecule has 1 fully saturated rings. The summed E-state index contributed by atoms with van der Waals surface area (Å²) in [5.74, 6) is -1.71. The van der Waals surface area contributed by atoms with E-state index in [0.29, 0.717) is 48.4 Å². The number of aromatic amines is 1. The standard InChI is InChI=1S/C24H26F2N2O3/c1-14(2)17-11-28-23-21(17)20(5-7-27-23)31-22-18(25)9-15(10-19(22)26)8-16(29)4-6-24(3)12-30-13-24/h5,7,9-11,14H,4,6,8,12-13H2,1-3H3,(H,27,28). The van der Waals surface area contributed by atoms with Crippen molar-refractivity contribution in [1.82, 2.24) is 9.97 Å². The molecule has 0 radical (unpaired) electrons. The molecular weight excluding hydrogens is 402 g/mol. The second kappa shape index (κ2) is 8.38. The van der Waals surface area contributed by atoms with E-state index < -0.39 is 17.4 Å². The van der Waals surface area contributed by atoms with Crippen LogP contribution in [-0.4, -0.2) is 29.0 Å². The van der Waals surface area contributed by atoms with Gasteiger partial charge in [-0.1, -0.05) is 20.8 Å². The third-order valence-electron chi connectivity index (χ3n) is 5.77. The van der Waals surface area contributed by atoms with Gasteiger partial charge in [-0.15, -0.1) is 0 Å². The molecule has 164 valence electrons. The van der Waals surface area contributed by atoms with Crippen LogP contribution in [0.1, 0.15) is 50.7 Å². The lowest BCUT2D eigenvalue weighted by Gasteiger charge is -2.37. The third-order valence-corrected chi connectivity index (χ3v) is 5.77. The zero-order valence-electron chi connectivity index (χ0n) is 17.9. The predicted molar refractivity (Wildman–Crippen MR) is 113 cm³/mol. The number of Topliss-reactive ketones (excluding diaryl/α,β-unsaturated/α-hetero) is 1. The lowest BCUT2D eigenvalue weighted by Crippen LogP contribution is -2.40. The molecule has 7 heteroatoms. The molecule has 3 aromatic rings. The van der Waals surface area contributed by atoms with Crippen LogP contribution >= 0.6 is 0 Å². The van der Waals surface area contributed by atoms with E-state index in [1.54, 1.807) is 6.07 Å². The second-order valence-electron chi connectivity index (χ2n) is 8.94. The smallest absolute Gasteiger partial charge is 0.198 e. The van der Waals surface area contributed by atoms with E-state index in [-0.39, 0.29) is 23.5 Å². The number of carbonyl (C=O) groups excluding carboxylic acids is 1. The largest absolute Gasteiger partial charge is 0.450 e. The molecule has 3 heterocycles. The van der Waals surface area contributed by atoms with Gasteiger partial charge in [0.25, 0.3) is 0 Å². The van der Waals surface area contributed by atoms with Crippen LogP contribution in [0.5, 0.6) is 11.5 Å². The SMILES string of the molecule is CC(C)c1c[nH]c2nccc(Oc3c(F)cc(CC(=O)CCC4(C)COC4)cc3F)c12. The molecule has 1 saturated heterocycles. The number of H-pyrrole nitrogens is 1. The molecule has 2 aromatic heterocycles. The molecule has 0 bridgehead atoms. The molecule has 1 N–H and O–H groups in total. The van der Waals surface area contributed by atoms with Gasteiger partial charge in [-0.25, -0.2) is 13.8 Å². The van der Waals surface area contributed by atoms with Crippen molar-refractivity contribution >= 4 is 16.8 Å². The highest BCUT2D eigenvalue weighted by molar-refractivity contribution is 5.87. The number of nitrogens with zero attached hydrogens (tertiary/aromatic N) is 1. The van der Waals surface area contributed by atoms with Crippen LogP contribution in [0.15, 0.2) is 30.6 Å². The number of ketones is 1. The Kier molecular flexibility index (Phi) is 5.79. The molecule has 1 aromatic carbocycles. The molecule has 0 spiro atoms. The zero-order valence-corrected chi connectivity index (χ0v) is 17.9. The summed E-state index contributed by atoms with van der Waals surface area (Å²) in [5, 5.41) is 0.698. The molecule has 1 aliphatic rings. The molecule has 0 saturated carbocycles. The topological polar surface area (TPSA) is 64.2 Å². The fraction of sp³-hybridized carbons (Fsp3) is 0.417. The van der Waals surface area contributed by atoms with Crippen molar-refractivity contribution in [3.63, 3.8) is 0 Å². The Hall–Kier alpha value is -2.80. The highest BCUT2D eigenvalue weighted by Gasteiger charge is 2.33. The number of benzene rings is 1. The fourth-order valence-corrected chi connectivity index (χ4v) is 3.87. The van der Waals surface area contributed by atoms with Crippen LogP contribution in [-0.2, 0) is 16.0 Å². The number of ether oxygens (including phenoxy) is 2. The molecule has 5 nitrogen and oxygen atoms in total. The quantitative estimate of drug-likeness (QED) is 0.501. The number of hydrogen-bond donors (Lipinski definition) is 1. The molecule has 4 rings (SSSR count). The van der Waals surface area contributed by atoms with Gasteiger partial charge in [-0.2, -0.15) is 0 Å². The van der Waals surface area contributed by atoms with Crippen LogP contribution in [0, 0.1) is 17.0 Å². The Labute approximate surface area is 179 Å². The monoisotopic (exact) mass is 428 g/mol. The number of rotatable bonds is 8. The Balaban J connectivity index is 1.52. The molecule has 0 amide bonds. The number of hydrogen-bond acceptors (Lipinski definition) is 4. The third kappa shape index (κ3) is 4.46. The summed E-state index contributed by atoms with van der Waals surface area (Å²) in [7, 11) is 0. The van der Waals surface area contributed by atoms with Crippen LogP contribution in [0.4, 0.5) is 8.78 Å². The molecule has 31 heavy (non-hydrogen) atoms. The van der Waals surface area contributed by atoms with Crippen molar-refractivity contribution < 1.29 is 23.0 Å². The highest BCUT2D eigenvalue weighted by atomic mass is 19.1. The minimum Gasteiger partial charge on any atom is -0.450 e. The average molecular weight is 428 g/mol. The maximum absolute atomic E-state index is 14.8. The zero-order chi connectivity index (χ0) is 22.2. The van der Waals surface area contributed by atoms with E-state index in [2.05, 4.69) is 16.9 Å². The van der Waals surface area contributed by atoms with Gasteiger partial charge in [0.05, 0.1) is 18.6 Å². The van der Waals surface area contributed by atoms with Crippen molar-refractivity contribution in [2.75, 3.05) is 13.2 Å². The van der Waals surface area contributed by atoms with Gasteiger partial charge in [0.15, 0.2) is 17.4 Å². The summed E-state index contributed by atoms with van der Waals surface area (Å²) in [6, 6.07) is 3.93. The first-order valence-corrected chi connectivity index (χ1v) is 10.5. The van der Waals surface area contributed by atoms with Crippen molar-refractivity contribution in [3.8, 4) is 11.5 Å². The molecule has 0 aliphatic carbocycles. The summed E-state index contributed by atoms with van der Waals surface area (Å²) in [5.41, 5.74) is 1.88. The van der Waals surface area contributed by atoms with E-state index in [1.165, 1.54) is 18.3 Å². The number of aromatic nitrogens is 2. The predicted octanol–water partition coefficient (Wildman–Crippen LogP) is 5.69. The van der Waals surface area contributed by atoms with Gasteiger partial charge in [0, 0.05) is 30.7 Å². The van der Waals surface area contributed by atoms with Crippen LogP contribution in [0.25, 0.3) is 11.0 Å². The van der Waals surface area contributed by atoms with E-state index in [9.17, 15) is 13.6 Å². The molecule has 0 unspecified atom stereocenters. The van der Waals surface area contributed by atoms with E-state index in [1.807, 2.05) is 20.0 Å². The maximum Gasteiger partial charge on any atom is 0.198 e. The summed E-state index contributed by atoms with van der Waals surface area (Å²) < 4.78 is 40.4. The number of nitrogens with one attached hydrogen (secondary N) is 1. The van der Waals surface area contributed by atoms with Crippen LogP contribution < -0.4 is 4.74 Å². The fourth-order valence-electron chi connectivity index (χ4n) is 3.87. The second-order valence-corrected chi connectivity index (χ2v) is 8.94. The normalized spacial score (nSPS) is 15.3. The molecular formula is C24H26F2N2O3. The highest BCUT2D eigenvalue weighted by Crippen LogP contribution is 2.37. The maximum atomic E-state index is 14.8. The first kappa shape index (κ1) is 21.4. The van der Waals surface area contributed by atoms with Gasteiger partial charge >= 0.3 is 0 Å². The lowest BCUT2D eigenvalue weighted by molar-refractivity contribution is -0.125. The number of halogens is 2. The van der Waals surface area contributed by atoms with Gasteiger partial charge < -0.3 is 14.5 Å². The first-order valence-electron chi connectivity index (χ1n) is 10.5. The summed E-state index contributed by atoms with van der Waals surface area (Å²) in [4.78, 5) is 19.6. The summed E-state index contributed by atoms with van der Waals surface area (Å²) in [6.07, 6.45) is 4.41. The van der Waals surface area contributed by atoms with Crippen LogP contribution in [0.2, 0.25) is 0 Å². The average Bonchev–Trinajstić information content (AvgIpc) is 3.13. The van der Waals surface area contributed by atoms with Crippen molar-refractivity contribution in [2.24, 2.45) is 5.41 Å². The Bertz CT molecular complexity index is 1100. The van der Waals surface area contributed by atoms with E-state index in [0.717, 1.165) is 5.56 Å².